The summed E-state index contributed by atoms with van der Waals surface area (Å²) in [6, 6.07) is 2.89. The summed E-state index contributed by atoms with van der Waals surface area (Å²) < 4.78 is 5.33. The minimum absolute atomic E-state index is 0. The highest BCUT2D eigenvalue weighted by Crippen LogP contribution is 2.23. The van der Waals surface area contributed by atoms with E-state index >= 15 is 0 Å². The van der Waals surface area contributed by atoms with Crippen LogP contribution in [0.4, 0.5) is 5.82 Å². The molecule has 0 saturated carbocycles. The summed E-state index contributed by atoms with van der Waals surface area (Å²) in [7, 11) is 0. The largest absolute Gasteiger partial charge is 0.381 e. The van der Waals surface area contributed by atoms with E-state index in [0.717, 1.165) is 12.8 Å². The number of amides is 2. The van der Waals surface area contributed by atoms with Crippen LogP contribution in [0, 0.1) is 11.8 Å². The fourth-order valence-electron chi connectivity index (χ4n) is 3.53. The summed E-state index contributed by atoms with van der Waals surface area (Å²) in [6.45, 7) is 2.46. The molecule has 3 rings (SSSR count). The van der Waals surface area contributed by atoms with Gasteiger partial charge in [0.15, 0.2) is 0 Å². The molecule has 2 amide bonds. The zero-order valence-electron chi connectivity index (χ0n) is 15.5. The lowest BCUT2D eigenvalue weighted by Gasteiger charge is -2.35. The molecule has 0 aromatic carbocycles. The van der Waals surface area contributed by atoms with Crippen molar-refractivity contribution in [2.45, 2.75) is 31.7 Å². The summed E-state index contributed by atoms with van der Waals surface area (Å²) in [5.41, 5.74) is 6.19. The third-order valence-corrected chi connectivity index (χ3v) is 5.44. The minimum atomic E-state index is -0.470. The van der Waals surface area contributed by atoms with Crippen molar-refractivity contribution >= 4 is 54.0 Å². The van der Waals surface area contributed by atoms with Gasteiger partial charge in [-0.15, -0.1) is 24.8 Å². The number of carbonyl (C=O) groups excluding carboxylic acids is 2. The molecule has 2 saturated heterocycles. The number of nitrogens with one attached hydrogen (secondary N) is 1. The van der Waals surface area contributed by atoms with E-state index in [1.165, 1.54) is 6.20 Å². The normalized spacial score (nSPS) is 19.1. The van der Waals surface area contributed by atoms with E-state index in [-0.39, 0.29) is 48.5 Å². The van der Waals surface area contributed by atoms with Gasteiger partial charge in [0.1, 0.15) is 5.82 Å². The van der Waals surface area contributed by atoms with Crippen molar-refractivity contribution in [3.05, 3.63) is 23.4 Å². The number of nitrogens with zero attached hydrogens (tertiary/aromatic N) is 2. The van der Waals surface area contributed by atoms with Crippen LogP contribution in [0.1, 0.15) is 25.7 Å². The van der Waals surface area contributed by atoms with Crippen LogP contribution >= 0.6 is 36.4 Å². The first-order valence-corrected chi connectivity index (χ1v) is 9.47. The van der Waals surface area contributed by atoms with Gasteiger partial charge < -0.3 is 20.7 Å². The highest BCUT2D eigenvalue weighted by Gasteiger charge is 2.33. The van der Waals surface area contributed by atoms with Gasteiger partial charge in [-0.25, -0.2) is 4.98 Å². The van der Waals surface area contributed by atoms with Crippen molar-refractivity contribution in [1.82, 2.24) is 9.88 Å². The Bertz CT molecular complexity index is 633. The third-order valence-electron chi connectivity index (χ3n) is 5.22. The van der Waals surface area contributed by atoms with Gasteiger partial charge in [-0.1, -0.05) is 11.6 Å². The Morgan fingerprint density at radius 2 is 1.82 bits per heavy atom. The molecule has 2 aliphatic heterocycles. The molecule has 2 aliphatic rings. The first-order valence-electron chi connectivity index (χ1n) is 9.09. The maximum Gasteiger partial charge on any atom is 0.239 e. The number of carbonyl (C=O) groups is 2. The monoisotopic (exact) mass is 452 g/mol. The number of pyridine rings is 1. The Balaban J connectivity index is 0.00000196. The van der Waals surface area contributed by atoms with Crippen LogP contribution in [0.3, 0.4) is 0 Å². The van der Waals surface area contributed by atoms with E-state index in [2.05, 4.69) is 10.3 Å². The summed E-state index contributed by atoms with van der Waals surface area (Å²) in [5.74, 6) is 0.472. The Morgan fingerprint density at radius 3 is 2.39 bits per heavy atom. The lowest BCUT2D eigenvalue weighted by molar-refractivity contribution is -0.137. The average molecular weight is 454 g/mol. The van der Waals surface area contributed by atoms with Gasteiger partial charge in [-0.05, 0) is 43.7 Å². The predicted octanol–water partition coefficient (Wildman–Crippen LogP) is 2.51. The van der Waals surface area contributed by atoms with Crippen LogP contribution in [0.25, 0.3) is 0 Å². The van der Waals surface area contributed by atoms with Crippen LogP contribution in [-0.4, -0.2) is 54.0 Å². The van der Waals surface area contributed by atoms with Gasteiger partial charge in [-0.2, -0.15) is 0 Å². The molecule has 0 spiro atoms. The maximum atomic E-state index is 12.6. The number of ether oxygens (including phenoxy) is 1. The molecule has 3 heterocycles. The highest BCUT2D eigenvalue weighted by molar-refractivity contribution is 6.30. The first-order chi connectivity index (χ1) is 12.5. The smallest absolute Gasteiger partial charge is 0.239 e. The van der Waals surface area contributed by atoms with E-state index in [1.807, 2.05) is 0 Å². The summed E-state index contributed by atoms with van der Waals surface area (Å²) in [6.07, 6.45) is 4.42. The van der Waals surface area contributed by atoms with E-state index in [0.29, 0.717) is 50.0 Å². The second kappa shape index (κ2) is 11.8. The minimum Gasteiger partial charge on any atom is -0.381 e. The van der Waals surface area contributed by atoms with Crippen LogP contribution in [-0.2, 0) is 14.3 Å². The quantitative estimate of drug-likeness (QED) is 0.730. The molecule has 1 unspecified atom stereocenters. The number of anilines is 1. The van der Waals surface area contributed by atoms with Gasteiger partial charge in [-0.3, -0.25) is 9.59 Å². The molecule has 7 nitrogen and oxygen atoms in total. The van der Waals surface area contributed by atoms with Crippen molar-refractivity contribution in [3.8, 4) is 0 Å². The summed E-state index contributed by atoms with van der Waals surface area (Å²) >= 11 is 5.79. The Kier molecular flexibility index (Phi) is 10.5. The molecule has 1 atom stereocenters. The number of hydrogen-bond acceptors (Lipinski definition) is 5. The van der Waals surface area contributed by atoms with E-state index in [1.54, 1.807) is 17.0 Å². The number of aromatic nitrogens is 1. The Labute approximate surface area is 182 Å². The van der Waals surface area contributed by atoms with E-state index < -0.39 is 6.04 Å². The molecule has 1 aromatic heterocycles. The van der Waals surface area contributed by atoms with E-state index in [4.69, 9.17) is 22.1 Å². The number of halogens is 3. The highest BCUT2D eigenvalue weighted by atomic mass is 35.5. The molecule has 158 valence electrons. The van der Waals surface area contributed by atoms with Crippen molar-refractivity contribution in [2.75, 3.05) is 31.6 Å². The number of piperidine rings is 1. The van der Waals surface area contributed by atoms with Gasteiger partial charge >= 0.3 is 0 Å². The van der Waals surface area contributed by atoms with E-state index in [9.17, 15) is 9.59 Å². The Hall–Kier alpha value is -1.12. The second-order valence-electron chi connectivity index (χ2n) is 6.93. The molecule has 0 aliphatic carbocycles. The molecular weight excluding hydrogens is 427 g/mol. The molecule has 0 radical (unpaired) electrons. The van der Waals surface area contributed by atoms with Crippen molar-refractivity contribution in [2.24, 2.45) is 17.6 Å². The molecule has 28 heavy (non-hydrogen) atoms. The number of nitrogens with two attached hydrogens (primary N) is 1. The molecular formula is C18H27Cl3N4O3. The molecule has 2 fully saturated rings. The lowest BCUT2D eigenvalue weighted by Crippen LogP contribution is -2.51. The predicted molar refractivity (Wildman–Crippen MR) is 113 cm³/mol. The average Bonchev–Trinajstić information content (AvgIpc) is 2.69. The van der Waals surface area contributed by atoms with Crippen LogP contribution in [0.15, 0.2) is 18.3 Å². The third kappa shape index (κ3) is 6.46. The SMILES string of the molecule is Cl.Cl.NC(C(=O)N1CCC(C(=O)Nc2ccc(Cl)cn2)CC1)C1CCOCC1. The topological polar surface area (TPSA) is 97.6 Å². The molecule has 1 aromatic rings. The van der Waals surface area contributed by atoms with Gasteiger partial charge in [0.25, 0.3) is 0 Å². The Morgan fingerprint density at radius 1 is 1.18 bits per heavy atom. The van der Waals surface area contributed by atoms with Gasteiger partial charge in [0.05, 0.1) is 11.1 Å². The van der Waals surface area contributed by atoms with Crippen molar-refractivity contribution < 1.29 is 14.3 Å². The standard InChI is InChI=1S/C18H25ClN4O3.2ClH/c19-14-1-2-15(21-11-14)22-17(24)13-3-7-23(8-4-13)18(25)16(20)12-5-9-26-10-6-12;;/h1-2,11-13,16H,3-10,20H2,(H,21,22,24);2*1H. The van der Waals surface area contributed by atoms with Crippen LogP contribution in [0.5, 0.6) is 0 Å². The molecule has 3 N–H and O–H groups in total. The van der Waals surface area contributed by atoms with Crippen LogP contribution < -0.4 is 11.1 Å². The zero-order chi connectivity index (χ0) is 18.5. The maximum absolute atomic E-state index is 12.6. The molecule has 10 heteroatoms. The second-order valence-corrected chi connectivity index (χ2v) is 7.36. The first kappa shape index (κ1) is 24.9. The number of hydrogen-bond donors (Lipinski definition) is 2. The molecule has 0 bridgehead atoms. The summed E-state index contributed by atoms with van der Waals surface area (Å²) in [4.78, 5) is 30.9. The van der Waals surface area contributed by atoms with Gasteiger partial charge in [0.2, 0.25) is 11.8 Å². The fraction of sp³-hybridized carbons (Fsp3) is 0.611. The number of rotatable bonds is 4. The van der Waals surface area contributed by atoms with Crippen LogP contribution in [0.2, 0.25) is 5.02 Å². The van der Waals surface area contributed by atoms with Crippen molar-refractivity contribution in [3.63, 3.8) is 0 Å². The number of likely N-dealkylation sites (tertiary alicyclic amines) is 1. The lowest BCUT2D eigenvalue weighted by atomic mass is 9.90. The fourth-order valence-corrected chi connectivity index (χ4v) is 3.64. The van der Waals surface area contributed by atoms with Crippen molar-refractivity contribution in [1.29, 1.82) is 0 Å². The summed E-state index contributed by atoms with van der Waals surface area (Å²) in [5, 5.41) is 3.33. The zero-order valence-corrected chi connectivity index (χ0v) is 17.9. The van der Waals surface area contributed by atoms with Gasteiger partial charge in [0, 0.05) is 38.4 Å².